The molecule has 3 heteroatoms. The largest absolute Gasteiger partial charge is 0.490 e. The van der Waals surface area contributed by atoms with Crippen molar-refractivity contribution < 1.29 is 14.3 Å². The molecule has 0 aromatic heterocycles. The summed E-state index contributed by atoms with van der Waals surface area (Å²) in [5.74, 6) is 1.21. The fourth-order valence-electron chi connectivity index (χ4n) is 2.04. The Morgan fingerprint density at radius 2 is 1.58 bits per heavy atom. The zero-order chi connectivity index (χ0) is 17.2. The first kappa shape index (κ1) is 17.3. The van der Waals surface area contributed by atoms with Gasteiger partial charge in [0.05, 0.1) is 5.56 Å². The van der Waals surface area contributed by atoms with E-state index in [4.69, 9.17) is 9.47 Å². The second kappa shape index (κ2) is 9.16. The smallest absolute Gasteiger partial charge is 0.189 e. The lowest BCUT2D eigenvalue weighted by atomic mass is 10.1. The van der Waals surface area contributed by atoms with E-state index < -0.39 is 0 Å². The van der Waals surface area contributed by atoms with Gasteiger partial charge in [0.25, 0.3) is 0 Å². The van der Waals surface area contributed by atoms with E-state index in [0.717, 1.165) is 11.3 Å². The number of carbonyl (C=O) groups is 1. The molecule has 0 aliphatic heterocycles. The average molecular weight is 320 g/mol. The Hall–Kier alpha value is -3.07. The van der Waals surface area contributed by atoms with Crippen LogP contribution in [0.25, 0.3) is 6.08 Å². The Balaban J connectivity index is 2.07. The van der Waals surface area contributed by atoms with E-state index >= 15 is 0 Å². The first-order chi connectivity index (χ1) is 11.7. The summed E-state index contributed by atoms with van der Waals surface area (Å²) in [6.07, 6.45) is 6.64. The molecule has 0 spiro atoms. The molecule has 2 aromatic carbocycles. The Kier molecular flexibility index (Phi) is 6.59. The van der Waals surface area contributed by atoms with Crippen LogP contribution >= 0.6 is 0 Å². The van der Waals surface area contributed by atoms with Crippen LogP contribution in [0.1, 0.15) is 15.9 Å². The third-order valence-electron chi connectivity index (χ3n) is 3.18. The maximum Gasteiger partial charge on any atom is 0.189 e. The van der Waals surface area contributed by atoms with Crippen molar-refractivity contribution in [2.24, 2.45) is 0 Å². The lowest BCUT2D eigenvalue weighted by molar-refractivity contribution is 0.104. The quantitative estimate of drug-likeness (QED) is 0.381. The summed E-state index contributed by atoms with van der Waals surface area (Å²) in [5.41, 5.74) is 1.44. The van der Waals surface area contributed by atoms with Crippen molar-refractivity contribution in [1.82, 2.24) is 0 Å². The summed E-state index contributed by atoms with van der Waals surface area (Å²) >= 11 is 0. The molecule has 0 N–H and O–H groups in total. The topological polar surface area (TPSA) is 35.5 Å². The Morgan fingerprint density at radius 3 is 2.29 bits per heavy atom. The summed E-state index contributed by atoms with van der Waals surface area (Å²) in [4.78, 5) is 12.4. The van der Waals surface area contributed by atoms with E-state index in [1.54, 1.807) is 30.4 Å². The van der Waals surface area contributed by atoms with Crippen LogP contribution in [0.3, 0.4) is 0 Å². The summed E-state index contributed by atoms with van der Waals surface area (Å²) in [5, 5.41) is 0. The minimum Gasteiger partial charge on any atom is -0.490 e. The molecule has 2 rings (SSSR count). The van der Waals surface area contributed by atoms with Crippen molar-refractivity contribution in [1.29, 1.82) is 0 Å². The van der Waals surface area contributed by atoms with Gasteiger partial charge in [-0.2, -0.15) is 0 Å². The molecule has 0 fully saturated rings. The molecule has 0 saturated heterocycles. The highest BCUT2D eigenvalue weighted by Crippen LogP contribution is 2.20. The predicted octanol–water partition coefficient (Wildman–Crippen LogP) is 4.71. The molecule has 0 atom stereocenters. The number of hydrogen-bond donors (Lipinski definition) is 0. The van der Waals surface area contributed by atoms with E-state index in [2.05, 4.69) is 13.2 Å². The van der Waals surface area contributed by atoms with Crippen molar-refractivity contribution in [3.05, 3.63) is 91.0 Å². The number of ether oxygens (including phenoxy) is 2. The predicted molar refractivity (Wildman–Crippen MR) is 97.6 cm³/mol. The van der Waals surface area contributed by atoms with Crippen LogP contribution in [-0.2, 0) is 0 Å². The highest BCUT2D eigenvalue weighted by molar-refractivity contribution is 6.08. The molecule has 0 aliphatic rings. The maximum absolute atomic E-state index is 12.4. The zero-order valence-corrected chi connectivity index (χ0v) is 13.5. The molecule has 0 bridgehead atoms. The molecule has 2 aromatic rings. The van der Waals surface area contributed by atoms with Crippen LogP contribution < -0.4 is 9.47 Å². The first-order valence-corrected chi connectivity index (χ1v) is 7.63. The second-order valence-corrected chi connectivity index (χ2v) is 4.96. The van der Waals surface area contributed by atoms with Crippen LogP contribution in [0.15, 0.2) is 79.9 Å². The fraction of sp³-hybridized carbons (Fsp3) is 0.0952. The third kappa shape index (κ3) is 4.99. The van der Waals surface area contributed by atoms with Gasteiger partial charge in [-0.1, -0.05) is 55.7 Å². The van der Waals surface area contributed by atoms with Gasteiger partial charge in [0.1, 0.15) is 24.7 Å². The van der Waals surface area contributed by atoms with E-state index in [-0.39, 0.29) is 5.78 Å². The second-order valence-electron chi connectivity index (χ2n) is 4.96. The number of hydrogen-bond acceptors (Lipinski definition) is 3. The Bertz CT molecular complexity index is 727. The van der Waals surface area contributed by atoms with Crippen LogP contribution in [0.5, 0.6) is 11.5 Å². The van der Waals surface area contributed by atoms with Gasteiger partial charge in [-0.3, -0.25) is 4.79 Å². The summed E-state index contributed by atoms with van der Waals surface area (Å²) in [7, 11) is 0. The molecule has 3 nitrogen and oxygen atoms in total. The van der Waals surface area contributed by atoms with Crippen LogP contribution in [0, 0.1) is 0 Å². The van der Waals surface area contributed by atoms with Crippen molar-refractivity contribution in [2.45, 2.75) is 0 Å². The highest BCUT2D eigenvalue weighted by Gasteiger charge is 2.08. The minimum atomic E-state index is -0.110. The summed E-state index contributed by atoms with van der Waals surface area (Å²) in [6, 6.07) is 14.7. The van der Waals surface area contributed by atoms with Gasteiger partial charge in [0.2, 0.25) is 0 Å². The Morgan fingerprint density at radius 1 is 0.917 bits per heavy atom. The molecule has 0 radical (unpaired) electrons. The molecular weight excluding hydrogens is 300 g/mol. The number of para-hydroxylation sites is 1. The van der Waals surface area contributed by atoms with Gasteiger partial charge in [-0.15, -0.1) is 0 Å². The maximum atomic E-state index is 12.4. The van der Waals surface area contributed by atoms with E-state index in [1.807, 2.05) is 36.4 Å². The molecule has 0 amide bonds. The molecule has 0 aliphatic carbocycles. The monoisotopic (exact) mass is 320 g/mol. The van der Waals surface area contributed by atoms with Crippen molar-refractivity contribution in [2.75, 3.05) is 13.2 Å². The number of carbonyl (C=O) groups excluding carboxylic acids is 1. The molecular formula is C21H20O3. The minimum absolute atomic E-state index is 0.110. The summed E-state index contributed by atoms with van der Waals surface area (Å²) in [6.45, 7) is 8.05. The van der Waals surface area contributed by atoms with Gasteiger partial charge in [0.15, 0.2) is 5.78 Å². The number of allylic oxidation sites excluding steroid dienone is 1. The number of benzene rings is 2. The molecule has 0 unspecified atom stereocenters. The van der Waals surface area contributed by atoms with Gasteiger partial charge < -0.3 is 9.47 Å². The van der Waals surface area contributed by atoms with E-state index in [0.29, 0.717) is 24.5 Å². The van der Waals surface area contributed by atoms with Crippen molar-refractivity contribution in [3.63, 3.8) is 0 Å². The van der Waals surface area contributed by atoms with E-state index in [9.17, 15) is 4.79 Å². The Labute approximate surface area is 142 Å². The fourth-order valence-corrected chi connectivity index (χ4v) is 2.04. The number of ketones is 1. The SMILES string of the molecule is C=CCOc1ccc(/C=C/C(=O)c2ccccc2OCC=C)cc1. The van der Waals surface area contributed by atoms with Gasteiger partial charge in [-0.05, 0) is 35.9 Å². The molecule has 122 valence electrons. The van der Waals surface area contributed by atoms with Crippen LogP contribution in [0.4, 0.5) is 0 Å². The average Bonchev–Trinajstić information content (AvgIpc) is 2.63. The lowest BCUT2D eigenvalue weighted by Gasteiger charge is -2.07. The van der Waals surface area contributed by atoms with Crippen LogP contribution in [-0.4, -0.2) is 19.0 Å². The van der Waals surface area contributed by atoms with Crippen LogP contribution in [0.2, 0.25) is 0 Å². The van der Waals surface area contributed by atoms with Gasteiger partial charge >= 0.3 is 0 Å². The molecule has 0 heterocycles. The van der Waals surface area contributed by atoms with Crippen molar-refractivity contribution >= 4 is 11.9 Å². The zero-order valence-electron chi connectivity index (χ0n) is 13.5. The molecule has 24 heavy (non-hydrogen) atoms. The normalized spacial score (nSPS) is 10.3. The summed E-state index contributed by atoms with van der Waals surface area (Å²) < 4.78 is 10.9. The van der Waals surface area contributed by atoms with Gasteiger partial charge in [-0.25, -0.2) is 0 Å². The number of rotatable bonds is 9. The van der Waals surface area contributed by atoms with E-state index in [1.165, 1.54) is 6.08 Å². The third-order valence-corrected chi connectivity index (χ3v) is 3.18. The highest BCUT2D eigenvalue weighted by atomic mass is 16.5. The van der Waals surface area contributed by atoms with Gasteiger partial charge in [0, 0.05) is 0 Å². The standard InChI is InChI=1S/C21H20O3/c1-3-15-23-18-12-9-17(10-13-18)11-14-20(22)19-7-5-6-8-21(19)24-16-4-2/h3-14H,1-2,15-16H2/b14-11+. The first-order valence-electron chi connectivity index (χ1n) is 7.63. The molecule has 0 saturated carbocycles. The lowest BCUT2D eigenvalue weighted by Crippen LogP contribution is -2.01. The van der Waals surface area contributed by atoms with Crippen molar-refractivity contribution in [3.8, 4) is 11.5 Å².